The molecule has 1 aromatic rings. The third-order valence-corrected chi connectivity index (χ3v) is 4.85. The molecule has 0 spiro atoms. The third kappa shape index (κ3) is 2.90. The first-order valence-corrected chi connectivity index (χ1v) is 7.23. The zero-order valence-electron chi connectivity index (χ0n) is 10.9. The number of nitrogens with zero attached hydrogens (tertiary/aromatic N) is 2. The van der Waals surface area contributed by atoms with Crippen molar-refractivity contribution in [3.63, 3.8) is 0 Å². The number of non-ortho nitro benzene ring substituents is 1. The molecule has 21 heavy (non-hydrogen) atoms. The Balaban J connectivity index is 2.48. The van der Waals surface area contributed by atoms with Crippen LogP contribution in [0.25, 0.3) is 0 Å². The molecule has 1 saturated heterocycles. The molecule has 10 heteroatoms. The van der Waals surface area contributed by atoms with Crippen LogP contribution in [0, 0.1) is 17.0 Å². The quantitative estimate of drug-likeness (QED) is 0.457. The number of hydrogen-bond acceptors (Lipinski definition) is 6. The molecule has 9 nitrogen and oxygen atoms in total. The number of benzene rings is 1. The summed E-state index contributed by atoms with van der Waals surface area (Å²) in [4.78, 5) is 32.3. The standard InChI is InChI=1S/C11H11N3O6S/c1-7-2-3-8(14(17)18)4-9(7)21(19,20)13-5-10(15)12-11(16)6-13/h2-4H,5-6H2,1H3,(H,12,15,16). The minimum absolute atomic E-state index is 0.291. The lowest BCUT2D eigenvalue weighted by Gasteiger charge is -2.25. The molecule has 0 aromatic heterocycles. The van der Waals surface area contributed by atoms with Crippen molar-refractivity contribution >= 4 is 27.5 Å². The van der Waals surface area contributed by atoms with E-state index in [0.717, 1.165) is 6.07 Å². The van der Waals surface area contributed by atoms with Gasteiger partial charge in [-0.1, -0.05) is 6.07 Å². The van der Waals surface area contributed by atoms with Gasteiger partial charge in [-0.2, -0.15) is 4.31 Å². The summed E-state index contributed by atoms with van der Waals surface area (Å²) in [5, 5.41) is 12.7. The number of imide groups is 1. The third-order valence-electron chi connectivity index (χ3n) is 2.92. The van der Waals surface area contributed by atoms with Gasteiger partial charge in [0.2, 0.25) is 21.8 Å². The predicted molar refractivity (Wildman–Crippen MR) is 69.7 cm³/mol. The number of carbonyl (C=O) groups excluding carboxylic acids is 2. The zero-order chi connectivity index (χ0) is 15.8. The van der Waals surface area contributed by atoms with Gasteiger partial charge in [-0.15, -0.1) is 0 Å². The normalized spacial score (nSPS) is 16.6. The predicted octanol–water partition coefficient (Wildman–Crippen LogP) is -0.450. The lowest BCUT2D eigenvalue weighted by molar-refractivity contribution is -0.385. The summed E-state index contributed by atoms with van der Waals surface area (Å²) in [5.74, 6) is -1.48. The maximum absolute atomic E-state index is 12.4. The van der Waals surface area contributed by atoms with Gasteiger partial charge in [0, 0.05) is 12.1 Å². The lowest BCUT2D eigenvalue weighted by atomic mass is 10.2. The molecule has 1 N–H and O–H groups in total. The number of sulfonamides is 1. The van der Waals surface area contributed by atoms with Crippen LogP contribution in [-0.2, 0) is 19.6 Å². The monoisotopic (exact) mass is 313 g/mol. The average molecular weight is 313 g/mol. The summed E-state index contributed by atoms with van der Waals surface area (Å²) in [7, 11) is -4.17. The van der Waals surface area contributed by atoms with Crippen molar-refractivity contribution in [3.8, 4) is 0 Å². The summed E-state index contributed by atoms with van der Waals surface area (Å²) in [5.41, 5.74) is -0.0917. The molecule has 1 fully saturated rings. The molecule has 1 aliphatic heterocycles. The minimum Gasteiger partial charge on any atom is -0.294 e. The topological polar surface area (TPSA) is 127 Å². The maximum atomic E-state index is 12.4. The first-order chi connectivity index (χ1) is 9.71. The number of nitrogens with one attached hydrogen (secondary N) is 1. The summed E-state index contributed by atoms with van der Waals surface area (Å²) in [6.07, 6.45) is 0. The van der Waals surface area contributed by atoms with Crippen molar-refractivity contribution < 1.29 is 22.9 Å². The Morgan fingerprint density at radius 2 is 1.81 bits per heavy atom. The first-order valence-electron chi connectivity index (χ1n) is 5.79. The Morgan fingerprint density at radius 3 is 2.33 bits per heavy atom. The van der Waals surface area contributed by atoms with Crippen molar-refractivity contribution in [2.45, 2.75) is 11.8 Å². The molecule has 0 radical (unpaired) electrons. The highest BCUT2D eigenvalue weighted by molar-refractivity contribution is 7.89. The SMILES string of the molecule is Cc1ccc([N+](=O)[O-])cc1S(=O)(=O)N1CC(=O)NC(=O)C1. The van der Waals surface area contributed by atoms with E-state index >= 15 is 0 Å². The fourth-order valence-electron chi connectivity index (χ4n) is 1.90. The van der Waals surface area contributed by atoms with E-state index in [-0.39, 0.29) is 10.6 Å². The number of carbonyl (C=O) groups is 2. The van der Waals surface area contributed by atoms with Crippen LogP contribution in [0.3, 0.4) is 0 Å². The van der Waals surface area contributed by atoms with Crippen LogP contribution in [0.1, 0.15) is 5.56 Å². The summed E-state index contributed by atoms with van der Waals surface area (Å²) in [6, 6.07) is 3.40. The molecule has 0 aliphatic carbocycles. The highest BCUT2D eigenvalue weighted by Crippen LogP contribution is 2.25. The highest BCUT2D eigenvalue weighted by Gasteiger charge is 2.34. The number of amides is 2. The van der Waals surface area contributed by atoms with E-state index in [1.807, 2.05) is 5.32 Å². The minimum atomic E-state index is -4.17. The van der Waals surface area contributed by atoms with Crippen LogP contribution in [0.15, 0.2) is 23.1 Å². The number of hydrogen-bond donors (Lipinski definition) is 1. The van der Waals surface area contributed by atoms with Gasteiger partial charge in [0.25, 0.3) is 5.69 Å². The van der Waals surface area contributed by atoms with Crippen LogP contribution in [-0.4, -0.2) is 42.6 Å². The number of aryl methyl sites for hydroxylation is 1. The molecule has 0 saturated carbocycles. The van der Waals surface area contributed by atoms with E-state index in [1.54, 1.807) is 0 Å². The van der Waals surface area contributed by atoms with Crippen LogP contribution in [0.4, 0.5) is 5.69 Å². The molecule has 2 rings (SSSR count). The fourth-order valence-corrected chi connectivity index (χ4v) is 3.50. The Labute approximate surface area is 119 Å². The average Bonchev–Trinajstić information content (AvgIpc) is 2.37. The second kappa shape index (κ2) is 5.22. The second-order valence-electron chi connectivity index (χ2n) is 4.45. The highest BCUT2D eigenvalue weighted by atomic mass is 32.2. The lowest BCUT2D eigenvalue weighted by Crippen LogP contribution is -2.53. The van der Waals surface area contributed by atoms with Crippen molar-refractivity contribution in [1.29, 1.82) is 0 Å². The van der Waals surface area contributed by atoms with E-state index in [1.165, 1.54) is 19.1 Å². The van der Waals surface area contributed by atoms with E-state index < -0.39 is 39.9 Å². The van der Waals surface area contributed by atoms with Crippen molar-refractivity contribution in [1.82, 2.24) is 9.62 Å². The van der Waals surface area contributed by atoms with Gasteiger partial charge < -0.3 is 0 Å². The van der Waals surface area contributed by atoms with Crippen LogP contribution in [0.2, 0.25) is 0 Å². The van der Waals surface area contributed by atoms with Gasteiger partial charge in [-0.3, -0.25) is 25.0 Å². The molecule has 1 aliphatic rings. The van der Waals surface area contributed by atoms with Gasteiger partial charge in [0.1, 0.15) is 0 Å². The number of nitro groups is 1. The molecule has 1 aromatic carbocycles. The molecule has 0 atom stereocenters. The van der Waals surface area contributed by atoms with Gasteiger partial charge in [0.05, 0.1) is 22.9 Å². The van der Waals surface area contributed by atoms with Crippen LogP contribution >= 0.6 is 0 Å². The Hall–Kier alpha value is -2.33. The summed E-state index contributed by atoms with van der Waals surface area (Å²) >= 11 is 0. The van der Waals surface area contributed by atoms with Crippen molar-refractivity contribution in [3.05, 3.63) is 33.9 Å². The molecule has 0 bridgehead atoms. The molecule has 0 unspecified atom stereocenters. The fraction of sp³-hybridized carbons (Fsp3) is 0.273. The second-order valence-corrected chi connectivity index (χ2v) is 6.36. The summed E-state index contributed by atoms with van der Waals surface area (Å²) < 4.78 is 25.6. The Bertz CT molecular complexity index is 726. The number of rotatable bonds is 3. The van der Waals surface area contributed by atoms with E-state index in [0.29, 0.717) is 9.87 Å². The largest absolute Gasteiger partial charge is 0.294 e. The van der Waals surface area contributed by atoms with E-state index in [4.69, 9.17) is 0 Å². The Kier molecular flexibility index (Phi) is 3.75. The smallest absolute Gasteiger partial charge is 0.270 e. The number of piperazine rings is 1. The van der Waals surface area contributed by atoms with E-state index in [2.05, 4.69) is 0 Å². The van der Waals surface area contributed by atoms with Gasteiger partial charge in [0.15, 0.2) is 0 Å². The van der Waals surface area contributed by atoms with Crippen molar-refractivity contribution in [2.24, 2.45) is 0 Å². The molecule has 2 amide bonds. The zero-order valence-corrected chi connectivity index (χ0v) is 11.7. The van der Waals surface area contributed by atoms with Crippen LogP contribution in [0.5, 0.6) is 0 Å². The number of nitro benzene ring substituents is 1. The van der Waals surface area contributed by atoms with E-state index in [9.17, 15) is 28.1 Å². The van der Waals surface area contributed by atoms with Crippen LogP contribution < -0.4 is 5.32 Å². The Morgan fingerprint density at radius 1 is 1.24 bits per heavy atom. The van der Waals surface area contributed by atoms with Crippen molar-refractivity contribution in [2.75, 3.05) is 13.1 Å². The maximum Gasteiger partial charge on any atom is 0.270 e. The van der Waals surface area contributed by atoms with Gasteiger partial charge in [-0.05, 0) is 12.5 Å². The summed E-state index contributed by atoms with van der Waals surface area (Å²) in [6.45, 7) is 0.467. The van der Waals surface area contributed by atoms with Gasteiger partial charge in [-0.25, -0.2) is 8.42 Å². The first kappa shape index (κ1) is 15.1. The molecular formula is C11H11N3O6S. The molecule has 112 valence electrons. The van der Waals surface area contributed by atoms with Gasteiger partial charge >= 0.3 is 0 Å². The molecule has 1 heterocycles. The molecular weight excluding hydrogens is 302 g/mol.